The first kappa shape index (κ1) is 23.3. The Balaban J connectivity index is 1.40. The molecule has 178 valence electrons. The number of morpholine rings is 1. The van der Waals surface area contributed by atoms with E-state index >= 15 is 0 Å². The van der Waals surface area contributed by atoms with Crippen molar-refractivity contribution in [3.8, 4) is 0 Å². The van der Waals surface area contributed by atoms with Crippen LogP contribution < -0.4 is 5.32 Å². The molecule has 0 bridgehead atoms. The average Bonchev–Trinajstić information content (AvgIpc) is 3.30. The van der Waals surface area contributed by atoms with E-state index in [0.29, 0.717) is 47.2 Å². The number of rotatable bonds is 6. The summed E-state index contributed by atoms with van der Waals surface area (Å²) in [4.78, 5) is 30.6. The monoisotopic (exact) mass is 507 g/mol. The summed E-state index contributed by atoms with van der Waals surface area (Å²) < 4.78 is 33.2. The quantitative estimate of drug-likeness (QED) is 0.398. The number of amides is 1. The largest absolute Gasteiger partial charge is 0.379 e. The van der Waals surface area contributed by atoms with Crippen LogP contribution in [-0.4, -0.2) is 55.7 Å². The topological polar surface area (TPSA) is 106 Å². The first-order valence-electron chi connectivity index (χ1n) is 10.9. The molecule has 5 rings (SSSR count). The normalized spacial score (nSPS) is 14.6. The van der Waals surface area contributed by atoms with Gasteiger partial charge in [0, 0.05) is 24.2 Å². The van der Waals surface area contributed by atoms with Crippen molar-refractivity contribution in [3.63, 3.8) is 0 Å². The van der Waals surface area contributed by atoms with Crippen LogP contribution in [0.4, 0.5) is 5.13 Å². The van der Waals surface area contributed by atoms with E-state index in [0.717, 1.165) is 0 Å². The molecule has 2 heterocycles. The molecule has 4 aromatic rings. The van der Waals surface area contributed by atoms with Gasteiger partial charge in [-0.2, -0.15) is 4.31 Å². The van der Waals surface area contributed by atoms with Crippen molar-refractivity contribution >= 4 is 48.4 Å². The molecule has 3 aromatic carbocycles. The van der Waals surface area contributed by atoms with Crippen molar-refractivity contribution in [3.05, 3.63) is 89.5 Å². The minimum Gasteiger partial charge on any atom is -0.379 e. The molecule has 10 heteroatoms. The molecule has 1 aromatic heterocycles. The number of nitrogens with zero attached hydrogens (tertiary/aromatic N) is 2. The van der Waals surface area contributed by atoms with Crippen molar-refractivity contribution in [2.24, 2.45) is 0 Å². The van der Waals surface area contributed by atoms with E-state index < -0.39 is 15.9 Å². The number of aromatic nitrogens is 1. The highest BCUT2D eigenvalue weighted by Gasteiger charge is 2.27. The standard InChI is InChI=1S/C25H21N3O5S2/c29-23(17-6-2-1-3-7-17)19-8-4-5-9-20(19)24(30)27-25-26-21-11-10-18(16-22(21)34-25)35(31,32)28-12-14-33-15-13-28/h1-11,16H,12-15H2,(H,26,27,30). The lowest BCUT2D eigenvalue weighted by atomic mass is 9.98. The van der Waals surface area contributed by atoms with Crippen LogP contribution in [0.3, 0.4) is 0 Å². The van der Waals surface area contributed by atoms with Crippen molar-refractivity contribution in [2.45, 2.75) is 4.90 Å². The van der Waals surface area contributed by atoms with Gasteiger partial charge in [-0.05, 0) is 24.3 Å². The molecular weight excluding hydrogens is 486 g/mol. The third kappa shape index (κ3) is 4.73. The number of carbonyl (C=O) groups is 2. The first-order chi connectivity index (χ1) is 16.9. The smallest absolute Gasteiger partial charge is 0.258 e. The predicted octanol–water partition coefficient (Wildman–Crippen LogP) is 3.80. The van der Waals surface area contributed by atoms with E-state index in [1.807, 2.05) is 6.07 Å². The minimum atomic E-state index is -3.64. The summed E-state index contributed by atoms with van der Waals surface area (Å²) >= 11 is 1.17. The summed E-state index contributed by atoms with van der Waals surface area (Å²) in [6.45, 7) is 1.36. The van der Waals surface area contributed by atoms with E-state index in [2.05, 4.69) is 10.3 Å². The van der Waals surface area contributed by atoms with Crippen molar-refractivity contribution in [2.75, 3.05) is 31.6 Å². The zero-order valence-corrected chi connectivity index (χ0v) is 20.1. The number of ketones is 1. The molecule has 0 unspecified atom stereocenters. The molecule has 0 spiro atoms. The van der Waals surface area contributed by atoms with E-state index in [9.17, 15) is 18.0 Å². The van der Waals surface area contributed by atoms with Crippen LogP contribution in [0.15, 0.2) is 77.7 Å². The summed E-state index contributed by atoms with van der Waals surface area (Å²) in [5, 5.41) is 3.07. The molecule has 1 amide bonds. The maximum Gasteiger partial charge on any atom is 0.258 e. The van der Waals surface area contributed by atoms with Gasteiger partial charge in [0.2, 0.25) is 10.0 Å². The van der Waals surface area contributed by atoms with Gasteiger partial charge in [-0.1, -0.05) is 59.9 Å². The molecule has 0 atom stereocenters. The summed E-state index contributed by atoms with van der Waals surface area (Å²) in [7, 11) is -3.64. The Kier molecular flexibility index (Phi) is 6.44. The van der Waals surface area contributed by atoms with Gasteiger partial charge < -0.3 is 4.74 Å². The third-order valence-electron chi connectivity index (χ3n) is 5.64. The van der Waals surface area contributed by atoms with Gasteiger partial charge in [0.05, 0.1) is 33.9 Å². The van der Waals surface area contributed by atoms with Crippen molar-refractivity contribution < 1.29 is 22.7 Å². The number of ether oxygens (including phenoxy) is 1. The molecule has 0 aliphatic carbocycles. The summed E-state index contributed by atoms with van der Waals surface area (Å²) in [5.41, 5.74) is 1.58. The molecule has 1 saturated heterocycles. The lowest BCUT2D eigenvalue weighted by molar-refractivity contribution is 0.0730. The van der Waals surface area contributed by atoms with E-state index in [4.69, 9.17) is 4.74 Å². The third-order valence-corrected chi connectivity index (χ3v) is 8.47. The Bertz CT molecular complexity index is 1510. The maximum absolute atomic E-state index is 13.1. The maximum atomic E-state index is 13.1. The lowest BCUT2D eigenvalue weighted by Gasteiger charge is -2.25. The van der Waals surface area contributed by atoms with Crippen molar-refractivity contribution in [1.82, 2.24) is 9.29 Å². The fourth-order valence-corrected chi connectivity index (χ4v) is 6.25. The van der Waals surface area contributed by atoms with Crippen LogP contribution in [-0.2, 0) is 14.8 Å². The van der Waals surface area contributed by atoms with Gasteiger partial charge in [-0.15, -0.1) is 0 Å². The van der Waals surface area contributed by atoms with E-state index in [1.54, 1.807) is 60.7 Å². The number of sulfonamides is 1. The number of hydrogen-bond donors (Lipinski definition) is 1. The number of hydrogen-bond acceptors (Lipinski definition) is 7. The fraction of sp³-hybridized carbons (Fsp3) is 0.160. The van der Waals surface area contributed by atoms with Crippen LogP contribution in [0.25, 0.3) is 10.2 Å². The molecule has 0 saturated carbocycles. The zero-order valence-electron chi connectivity index (χ0n) is 18.5. The molecule has 1 aliphatic rings. The highest BCUT2D eigenvalue weighted by atomic mass is 32.2. The number of thiazole rings is 1. The average molecular weight is 508 g/mol. The predicted molar refractivity (Wildman–Crippen MR) is 133 cm³/mol. The minimum absolute atomic E-state index is 0.173. The molecule has 8 nitrogen and oxygen atoms in total. The number of benzene rings is 3. The lowest BCUT2D eigenvalue weighted by Crippen LogP contribution is -2.40. The van der Waals surface area contributed by atoms with Crippen molar-refractivity contribution in [1.29, 1.82) is 0 Å². The second-order valence-electron chi connectivity index (χ2n) is 7.86. The van der Waals surface area contributed by atoms with Gasteiger partial charge in [0.25, 0.3) is 5.91 Å². The molecule has 1 N–H and O–H groups in total. The van der Waals surface area contributed by atoms with Crippen LogP contribution >= 0.6 is 11.3 Å². The molecule has 1 fully saturated rings. The van der Waals surface area contributed by atoms with Gasteiger partial charge in [-0.25, -0.2) is 13.4 Å². The number of fused-ring (bicyclic) bond motifs is 1. The van der Waals surface area contributed by atoms with E-state index in [1.165, 1.54) is 21.7 Å². The Labute approximate surface area is 206 Å². The highest BCUT2D eigenvalue weighted by Crippen LogP contribution is 2.30. The van der Waals surface area contributed by atoms with Gasteiger partial charge >= 0.3 is 0 Å². The van der Waals surface area contributed by atoms with Crippen LogP contribution in [0.5, 0.6) is 0 Å². The molecule has 0 radical (unpaired) electrons. The first-order valence-corrected chi connectivity index (χ1v) is 13.2. The second kappa shape index (κ2) is 9.67. The van der Waals surface area contributed by atoms with Crippen LogP contribution in [0, 0.1) is 0 Å². The SMILES string of the molecule is O=C(Nc1nc2ccc(S(=O)(=O)N3CCOCC3)cc2s1)c1ccccc1C(=O)c1ccccc1. The Hall–Kier alpha value is -3.44. The molecular formula is C25H21N3O5S2. The zero-order chi connectivity index (χ0) is 24.4. The fourth-order valence-electron chi connectivity index (χ4n) is 3.84. The van der Waals surface area contributed by atoms with Gasteiger partial charge in [0.15, 0.2) is 10.9 Å². The van der Waals surface area contributed by atoms with Crippen LogP contribution in [0.1, 0.15) is 26.3 Å². The molecule has 35 heavy (non-hydrogen) atoms. The number of carbonyl (C=O) groups excluding carboxylic acids is 2. The number of anilines is 1. The Morgan fingerprint density at radius 3 is 2.34 bits per heavy atom. The van der Waals surface area contributed by atoms with Gasteiger partial charge in [0.1, 0.15) is 0 Å². The summed E-state index contributed by atoms with van der Waals surface area (Å²) in [5.74, 6) is -0.719. The number of nitrogens with one attached hydrogen (secondary N) is 1. The highest BCUT2D eigenvalue weighted by molar-refractivity contribution is 7.89. The van der Waals surface area contributed by atoms with E-state index in [-0.39, 0.29) is 21.8 Å². The van der Waals surface area contributed by atoms with Crippen LogP contribution in [0.2, 0.25) is 0 Å². The van der Waals surface area contributed by atoms with Gasteiger partial charge in [-0.3, -0.25) is 14.9 Å². The summed E-state index contributed by atoms with van der Waals surface area (Å²) in [6.07, 6.45) is 0. The second-order valence-corrected chi connectivity index (χ2v) is 10.8. The Morgan fingerprint density at radius 2 is 1.60 bits per heavy atom. The Morgan fingerprint density at radius 1 is 0.914 bits per heavy atom. The summed E-state index contributed by atoms with van der Waals surface area (Å²) in [6, 6.07) is 20.1. The molecule has 1 aliphatic heterocycles.